The molecule has 0 aliphatic heterocycles. The summed E-state index contributed by atoms with van der Waals surface area (Å²) in [5.41, 5.74) is 3.60. The second-order valence-electron chi connectivity index (χ2n) is 7.05. The van der Waals surface area contributed by atoms with Crippen LogP contribution in [-0.4, -0.2) is 29.4 Å². The van der Waals surface area contributed by atoms with E-state index < -0.39 is 17.8 Å². The van der Waals surface area contributed by atoms with Crippen LogP contribution >= 0.6 is 11.6 Å². The third-order valence-corrected chi connectivity index (χ3v) is 4.96. The van der Waals surface area contributed by atoms with Gasteiger partial charge in [-0.3, -0.25) is 0 Å². The number of rotatable bonds is 6. The van der Waals surface area contributed by atoms with Gasteiger partial charge >= 0.3 is 6.09 Å². The van der Waals surface area contributed by atoms with Crippen molar-refractivity contribution in [2.45, 2.75) is 37.9 Å². The zero-order valence-corrected chi connectivity index (χ0v) is 15.7. The van der Waals surface area contributed by atoms with Gasteiger partial charge in [0.25, 0.3) is 0 Å². The van der Waals surface area contributed by atoms with Gasteiger partial charge in [-0.25, -0.2) is 4.79 Å². The summed E-state index contributed by atoms with van der Waals surface area (Å²) in [5, 5.41) is 12.4. The molecule has 1 aliphatic carbocycles. The van der Waals surface area contributed by atoms with Crippen LogP contribution < -0.4 is 5.32 Å². The molecule has 0 saturated carbocycles. The predicted molar refractivity (Wildman–Crippen MR) is 103 cm³/mol. The summed E-state index contributed by atoms with van der Waals surface area (Å²) in [5.74, 6) is 0.342. The molecular formula is C21H24ClNO3. The molecule has 0 radical (unpaired) electrons. The summed E-state index contributed by atoms with van der Waals surface area (Å²) < 4.78 is 5.33. The molecule has 2 N–H and O–H groups in total. The first-order chi connectivity index (χ1) is 12.5. The summed E-state index contributed by atoms with van der Waals surface area (Å²) >= 11 is 5.74. The number of alkyl halides is 1. The molecule has 1 aliphatic rings. The molecule has 0 fully saturated rings. The Labute approximate surface area is 159 Å². The first-order valence-electron chi connectivity index (χ1n) is 8.92. The van der Waals surface area contributed by atoms with Crippen molar-refractivity contribution in [2.24, 2.45) is 5.92 Å². The molecule has 2 aromatic rings. The Kier molecular flexibility index (Phi) is 5.84. The number of benzene rings is 2. The Morgan fingerprint density at radius 1 is 1.12 bits per heavy atom. The fourth-order valence-electron chi connectivity index (χ4n) is 3.53. The zero-order valence-electron chi connectivity index (χ0n) is 15.0. The third kappa shape index (κ3) is 4.02. The average molecular weight is 374 g/mol. The SMILES string of the molecule is CC(C)CC(OC(=O)NCC1c2ccccc2-c2ccccc21)C(O)Cl. The highest BCUT2D eigenvalue weighted by Gasteiger charge is 2.29. The summed E-state index contributed by atoms with van der Waals surface area (Å²) in [7, 11) is 0. The van der Waals surface area contributed by atoms with E-state index in [1.165, 1.54) is 22.3 Å². The van der Waals surface area contributed by atoms with E-state index in [2.05, 4.69) is 29.6 Å². The van der Waals surface area contributed by atoms with Gasteiger partial charge in [-0.15, -0.1) is 0 Å². The molecule has 3 rings (SSSR count). The van der Waals surface area contributed by atoms with Crippen LogP contribution in [0.3, 0.4) is 0 Å². The molecule has 2 aromatic carbocycles. The van der Waals surface area contributed by atoms with Crippen LogP contribution in [0, 0.1) is 5.92 Å². The maximum Gasteiger partial charge on any atom is 0.407 e. The normalized spacial score (nSPS) is 15.3. The number of fused-ring (bicyclic) bond motifs is 3. The van der Waals surface area contributed by atoms with Gasteiger partial charge < -0.3 is 15.2 Å². The van der Waals surface area contributed by atoms with E-state index in [-0.39, 0.29) is 11.8 Å². The summed E-state index contributed by atoms with van der Waals surface area (Å²) in [6.45, 7) is 4.40. The molecule has 0 heterocycles. The fourth-order valence-corrected chi connectivity index (χ4v) is 3.68. The molecule has 0 aromatic heterocycles. The minimum atomic E-state index is -1.21. The number of ether oxygens (including phenoxy) is 1. The number of alkyl carbamates (subject to hydrolysis) is 1. The lowest BCUT2D eigenvalue weighted by atomic mass is 9.97. The van der Waals surface area contributed by atoms with Crippen molar-refractivity contribution in [3.8, 4) is 11.1 Å². The average Bonchev–Trinajstić information content (AvgIpc) is 2.93. The lowest BCUT2D eigenvalue weighted by molar-refractivity contribution is 0.0283. The van der Waals surface area contributed by atoms with Crippen molar-refractivity contribution in [2.75, 3.05) is 6.54 Å². The maximum atomic E-state index is 12.2. The molecule has 2 unspecified atom stereocenters. The highest BCUT2D eigenvalue weighted by atomic mass is 35.5. The van der Waals surface area contributed by atoms with Crippen LogP contribution in [0.4, 0.5) is 4.79 Å². The van der Waals surface area contributed by atoms with Gasteiger partial charge in [-0.1, -0.05) is 74.0 Å². The van der Waals surface area contributed by atoms with Crippen molar-refractivity contribution >= 4 is 17.7 Å². The minimum absolute atomic E-state index is 0.0828. The largest absolute Gasteiger partial charge is 0.442 e. The van der Waals surface area contributed by atoms with Crippen molar-refractivity contribution in [1.82, 2.24) is 5.32 Å². The van der Waals surface area contributed by atoms with Crippen LogP contribution in [0.25, 0.3) is 11.1 Å². The van der Waals surface area contributed by atoms with E-state index in [4.69, 9.17) is 16.3 Å². The van der Waals surface area contributed by atoms with Gasteiger partial charge in [-0.2, -0.15) is 0 Å². The second kappa shape index (κ2) is 8.11. The van der Waals surface area contributed by atoms with Crippen molar-refractivity contribution in [1.29, 1.82) is 0 Å². The van der Waals surface area contributed by atoms with Crippen LogP contribution in [0.2, 0.25) is 0 Å². The topological polar surface area (TPSA) is 58.6 Å². The van der Waals surface area contributed by atoms with Gasteiger partial charge in [0.1, 0.15) is 6.10 Å². The summed E-state index contributed by atoms with van der Waals surface area (Å²) in [6, 6.07) is 16.5. The van der Waals surface area contributed by atoms with E-state index in [0.29, 0.717) is 13.0 Å². The van der Waals surface area contributed by atoms with Crippen LogP contribution in [0.1, 0.15) is 37.3 Å². The van der Waals surface area contributed by atoms with Crippen LogP contribution in [0.5, 0.6) is 0 Å². The molecule has 0 saturated heterocycles. The third-order valence-electron chi connectivity index (χ3n) is 4.68. The van der Waals surface area contributed by atoms with Gasteiger partial charge in [0.15, 0.2) is 5.56 Å². The number of carbonyl (C=O) groups excluding carboxylic acids is 1. The van der Waals surface area contributed by atoms with Gasteiger partial charge in [0.2, 0.25) is 0 Å². The van der Waals surface area contributed by atoms with Crippen LogP contribution in [-0.2, 0) is 4.74 Å². The first kappa shape index (κ1) is 18.7. The fraction of sp³-hybridized carbons (Fsp3) is 0.381. The highest BCUT2D eigenvalue weighted by molar-refractivity contribution is 6.19. The highest BCUT2D eigenvalue weighted by Crippen LogP contribution is 2.44. The quantitative estimate of drug-likeness (QED) is 0.733. The van der Waals surface area contributed by atoms with E-state index in [0.717, 1.165) is 0 Å². The molecule has 0 spiro atoms. The Bertz CT molecular complexity index is 730. The molecule has 2 atom stereocenters. The van der Waals surface area contributed by atoms with E-state index in [1.807, 2.05) is 38.1 Å². The number of hydrogen-bond donors (Lipinski definition) is 2. The monoisotopic (exact) mass is 373 g/mol. The molecule has 138 valence electrons. The molecule has 4 nitrogen and oxygen atoms in total. The Balaban J connectivity index is 1.69. The Morgan fingerprint density at radius 3 is 2.15 bits per heavy atom. The van der Waals surface area contributed by atoms with E-state index in [9.17, 15) is 9.90 Å². The van der Waals surface area contributed by atoms with Crippen molar-refractivity contribution in [3.05, 3.63) is 59.7 Å². The molecule has 0 bridgehead atoms. The smallest absolute Gasteiger partial charge is 0.407 e. The first-order valence-corrected chi connectivity index (χ1v) is 9.36. The zero-order chi connectivity index (χ0) is 18.7. The number of halogens is 1. The Hall–Kier alpha value is -2.04. The van der Waals surface area contributed by atoms with Crippen LogP contribution in [0.15, 0.2) is 48.5 Å². The predicted octanol–water partition coefficient (Wildman–Crippen LogP) is 4.50. The molecular weight excluding hydrogens is 350 g/mol. The Morgan fingerprint density at radius 2 is 1.65 bits per heavy atom. The lowest BCUT2D eigenvalue weighted by Crippen LogP contribution is -2.36. The molecule has 1 amide bonds. The number of amides is 1. The van der Waals surface area contributed by atoms with Gasteiger partial charge in [-0.05, 0) is 34.6 Å². The number of nitrogens with one attached hydrogen (secondary N) is 1. The maximum absolute atomic E-state index is 12.2. The molecule has 5 heteroatoms. The van der Waals surface area contributed by atoms with E-state index in [1.54, 1.807) is 0 Å². The summed E-state index contributed by atoms with van der Waals surface area (Å²) in [4.78, 5) is 12.2. The summed E-state index contributed by atoms with van der Waals surface area (Å²) in [6.07, 6.45) is -0.773. The number of carbonyl (C=O) groups is 1. The number of hydrogen-bond acceptors (Lipinski definition) is 3. The second-order valence-corrected chi connectivity index (χ2v) is 7.50. The van der Waals surface area contributed by atoms with Gasteiger partial charge in [0.05, 0.1) is 0 Å². The number of aliphatic hydroxyl groups excluding tert-OH is 1. The van der Waals surface area contributed by atoms with E-state index >= 15 is 0 Å². The lowest BCUT2D eigenvalue weighted by Gasteiger charge is -2.22. The standard InChI is InChI=1S/C21H24ClNO3/c1-13(2)11-19(20(22)24)26-21(25)23-12-18-16-9-5-3-7-14(16)15-8-4-6-10-17(15)18/h3-10,13,18-20,24H,11-12H2,1-2H3,(H,23,25). The number of aliphatic hydroxyl groups is 1. The minimum Gasteiger partial charge on any atom is -0.442 e. The van der Waals surface area contributed by atoms with Crippen molar-refractivity contribution in [3.63, 3.8) is 0 Å². The van der Waals surface area contributed by atoms with Gasteiger partial charge in [0, 0.05) is 12.5 Å². The van der Waals surface area contributed by atoms with Crippen molar-refractivity contribution < 1.29 is 14.6 Å². The molecule has 26 heavy (non-hydrogen) atoms.